The summed E-state index contributed by atoms with van der Waals surface area (Å²) in [5.41, 5.74) is 7.36. The molecule has 0 heterocycles. The van der Waals surface area contributed by atoms with Gasteiger partial charge in [-0.1, -0.05) is 6.92 Å². The van der Waals surface area contributed by atoms with Crippen LogP contribution in [0.4, 0.5) is 11.4 Å². The van der Waals surface area contributed by atoms with Crippen LogP contribution in [0.5, 0.6) is 0 Å². The van der Waals surface area contributed by atoms with Crippen LogP contribution in [-0.4, -0.2) is 25.3 Å². The third-order valence-electron chi connectivity index (χ3n) is 2.98. The van der Waals surface area contributed by atoms with Crippen molar-refractivity contribution < 1.29 is 13.0 Å². The van der Waals surface area contributed by atoms with Crippen molar-refractivity contribution in [2.24, 2.45) is 5.92 Å². The molecule has 1 rings (SSSR count). The fourth-order valence-corrected chi connectivity index (χ4v) is 2.35. The molecule has 0 aliphatic carbocycles. The molecular formula is C13H22N2O3S. The van der Waals surface area contributed by atoms with Crippen molar-refractivity contribution in [1.82, 2.24) is 0 Å². The Balaban J connectivity index is 2.16. The van der Waals surface area contributed by atoms with Crippen LogP contribution in [-0.2, 0) is 10.1 Å². The largest absolute Gasteiger partial charge is 0.399 e. The zero-order chi connectivity index (χ0) is 14.3. The van der Waals surface area contributed by atoms with Crippen LogP contribution in [0, 0.1) is 5.92 Å². The molecule has 0 aromatic heterocycles. The van der Waals surface area contributed by atoms with Gasteiger partial charge in [0.15, 0.2) is 0 Å². The molecule has 0 saturated heterocycles. The van der Waals surface area contributed by atoms with Crippen molar-refractivity contribution >= 4 is 21.5 Å². The van der Waals surface area contributed by atoms with Gasteiger partial charge in [0.05, 0.1) is 5.75 Å². The Bertz CT molecular complexity index is 471. The maximum absolute atomic E-state index is 10.6. The number of benzene rings is 1. The number of anilines is 2. The number of nitrogens with one attached hydrogen (secondary N) is 1. The highest BCUT2D eigenvalue weighted by atomic mass is 32.2. The SMILES string of the molecule is CC(CCCS(=O)(=O)O)CCNc1ccc(N)cc1. The lowest BCUT2D eigenvalue weighted by molar-refractivity contribution is 0.465. The van der Waals surface area contributed by atoms with Gasteiger partial charge in [0, 0.05) is 17.9 Å². The van der Waals surface area contributed by atoms with E-state index in [0.717, 1.165) is 30.8 Å². The second-order valence-corrected chi connectivity index (χ2v) is 6.44. The summed E-state index contributed by atoms with van der Waals surface area (Å²) >= 11 is 0. The Morgan fingerprint density at radius 2 is 1.89 bits per heavy atom. The topological polar surface area (TPSA) is 92.4 Å². The molecule has 19 heavy (non-hydrogen) atoms. The van der Waals surface area contributed by atoms with Crippen molar-refractivity contribution in [3.8, 4) is 0 Å². The van der Waals surface area contributed by atoms with Gasteiger partial charge in [0.2, 0.25) is 0 Å². The third kappa shape index (κ3) is 7.69. The maximum Gasteiger partial charge on any atom is 0.264 e. The van der Waals surface area contributed by atoms with E-state index in [1.807, 2.05) is 24.3 Å². The van der Waals surface area contributed by atoms with Crippen LogP contribution in [0.3, 0.4) is 0 Å². The number of nitrogens with two attached hydrogens (primary N) is 1. The molecule has 0 fully saturated rings. The van der Waals surface area contributed by atoms with Gasteiger partial charge in [-0.15, -0.1) is 0 Å². The Kier molecular flexibility index (Phi) is 6.11. The van der Waals surface area contributed by atoms with Gasteiger partial charge in [-0.2, -0.15) is 8.42 Å². The molecule has 1 aromatic carbocycles. The first-order valence-corrected chi connectivity index (χ1v) is 8.02. The molecule has 1 atom stereocenters. The van der Waals surface area contributed by atoms with Gasteiger partial charge in [-0.05, 0) is 49.4 Å². The zero-order valence-electron chi connectivity index (χ0n) is 11.2. The van der Waals surface area contributed by atoms with Gasteiger partial charge in [0.1, 0.15) is 0 Å². The lowest BCUT2D eigenvalue weighted by Crippen LogP contribution is -2.09. The number of hydrogen-bond acceptors (Lipinski definition) is 4. The summed E-state index contributed by atoms with van der Waals surface area (Å²) in [5, 5.41) is 3.29. The van der Waals surface area contributed by atoms with Crippen molar-refractivity contribution in [1.29, 1.82) is 0 Å². The third-order valence-corrected chi connectivity index (χ3v) is 3.78. The minimum Gasteiger partial charge on any atom is -0.399 e. The van der Waals surface area contributed by atoms with Gasteiger partial charge < -0.3 is 11.1 Å². The maximum atomic E-state index is 10.6. The summed E-state index contributed by atoms with van der Waals surface area (Å²) in [4.78, 5) is 0. The molecule has 4 N–H and O–H groups in total. The lowest BCUT2D eigenvalue weighted by Gasteiger charge is -2.12. The summed E-state index contributed by atoms with van der Waals surface area (Å²) < 4.78 is 29.8. The van der Waals surface area contributed by atoms with Crippen LogP contribution in [0.15, 0.2) is 24.3 Å². The molecule has 0 saturated carbocycles. The molecule has 0 amide bonds. The van der Waals surface area contributed by atoms with Crippen molar-refractivity contribution in [2.75, 3.05) is 23.3 Å². The molecule has 0 radical (unpaired) electrons. The number of rotatable bonds is 8. The molecule has 0 bridgehead atoms. The van der Waals surface area contributed by atoms with Crippen LogP contribution >= 0.6 is 0 Å². The van der Waals surface area contributed by atoms with Crippen molar-refractivity contribution in [3.05, 3.63) is 24.3 Å². The second-order valence-electron chi connectivity index (χ2n) is 4.87. The predicted molar refractivity (Wildman–Crippen MR) is 78.8 cm³/mol. The number of hydrogen-bond donors (Lipinski definition) is 3. The Labute approximate surface area is 115 Å². The molecular weight excluding hydrogens is 264 g/mol. The van der Waals surface area contributed by atoms with Gasteiger partial charge in [-0.25, -0.2) is 0 Å². The predicted octanol–water partition coefficient (Wildman–Crippen LogP) is 2.37. The first-order valence-electron chi connectivity index (χ1n) is 6.41. The normalized spacial score (nSPS) is 13.2. The van der Waals surface area contributed by atoms with E-state index in [1.165, 1.54) is 0 Å². The highest BCUT2D eigenvalue weighted by molar-refractivity contribution is 7.85. The average Bonchev–Trinajstić information content (AvgIpc) is 2.30. The molecule has 1 unspecified atom stereocenters. The standard InChI is InChI=1S/C13H22N2O3S/c1-11(3-2-10-19(16,17)18)8-9-15-13-6-4-12(14)5-7-13/h4-7,11,15H,2-3,8-10,14H2,1H3,(H,16,17,18). The molecule has 0 spiro atoms. The van der Waals surface area contributed by atoms with Crippen LogP contribution in [0.2, 0.25) is 0 Å². The summed E-state index contributed by atoms with van der Waals surface area (Å²) in [5.74, 6) is 0.269. The molecule has 1 aromatic rings. The van der Waals surface area contributed by atoms with Crippen molar-refractivity contribution in [3.63, 3.8) is 0 Å². The van der Waals surface area contributed by atoms with E-state index in [9.17, 15) is 8.42 Å². The van der Waals surface area contributed by atoms with Crippen molar-refractivity contribution in [2.45, 2.75) is 26.2 Å². The Hall–Kier alpha value is -1.27. The monoisotopic (exact) mass is 286 g/mol. The smallest absolute Gasteiger partial charge is 0.264 e. The first kappa shape index (κ1) is 15.8. The van der Waals surface area contributed by atoms with E-state index in [-0.39, 0.29) is 5.75 Å². The van der Waals surface area contributed by atoms with Crippen LogP contribution in [0.25, 0.3) is 0 Å². The molecule has 0 aliphatic heterocycles. The van der Waals surface area contributed by atoms with E-state index in [4.69, 9.17) is 10.3 Å². The summed E-state index contributed by atoms with van der Waals surface area (Å²) in [6, 6.07) is 7.55. The Morgan fingerprint density at radius 3 is 2.47 bits per heavy atom. The highest BCUT2D eigenvalue weighted by Gasteiger charge is 2.07. The lowest BCUT2D eigenvalue weighted by atomic mass is 10.0. The molecule has 5 nitrogen and oxygen atoms in total. The van der Waals surface area contributed by atoms with E-state index >= 15 is 0 Å². The Morgan fingerprint density at radius 1 is 1.26 bits per heavy atom. The molecule has 108 valence electrons. The van der Waals surface area contributed by atoms with Gasteiger partial charge in [0.25, 0.3) is 10.1 Å². The van der Waals surface area contributed by atoms with Gasteiger partial charge in [-0.3, -0.25) is 4.55 Å². The van der Waals surface area contributed by atoms with E-state index in [2.05, 4.69) is 12.2 Å². The van der Waals surface area contributed by atoms with Gasteiger partial charge >= 0.3 is 0 Å². The molecule has 6 heteroatoms. The van der Waals surface area contributed by atoms with Crippen LogP contribution in [0.1, 0.15) is 26.2 Å². The van der Waals surface area contributed by atoms with Crippen LogP contribution < -0.4 is 11.1 Å². The fourth-order valence-electron chi connectivity index (χ4n) is 1.82. The summed E-state index contributed by atoms with van der Waals surface area (Å²) in [6.07, 6.45) is 2.25. The minimum absolute atomic E-state index is 0.150. The summed E-state index contributed by atoms with van der Waals surface area (Å²) in [7, 11) is -3.81. The number of nitrogen functional groups attached to an aromatic ring is 1. The van der Waals surface area contributed by atoms with E-state index in [0.29, 0.717) is 12.3 Å². The average molecular weight is 286 g/mol. The quantitative estimate of drug-likeness (QED) is 0.504. The zero-order valence-corrected chi connectivity index (χ0v) is 12.0. The summed E-state index contributed by atoms with van der Waals surface area (Å²) in [6.45, 7) is 2.91. The molecule has 0 aliphatic rings. The first-order chi connectivity index (χ1) is 8.87. The minimum atomic E-state index is -3.81. The highest BCUT2D eigenvalue weighted by Crippen LogP contribution is 2.14. The van der Waals surface area contributed by atoms with E-state index in [1.54, 1.807) is 0 Å². The fraction of sp³-hybridized carbons (Fsp3) is 0.538. The second kappa shape index (κ2) is 7.35. The van der Waals surface area contributed by atoms with E-state index < -0.39 is 10.1 Å².